The quantitative estimate of drug-likeness (QED) is 0.622. The van der Waals surface area contributed by atoms with Gasteiger partial charge in [-0.1, -0.05) is 12.1 Å². The van der Waals surface area contributed by atoms with Crippen molar-refractivity contribution in [2.75, 3.05) is 5.43 Å². The van der Waals surface area contributed by atoms with Crippen LogP contribution >= 0.6 is 0 Å². The smallest absolute Gasteiger partial charge is 0.416 e. The van der Waals surface area contributed by atoms with Gasteiger partial charge in [0.15, 0.2) is 0 Å². The number of hydrogen-bond donors (Lipinski definition) is 1. The molecule has 0 bridgehead atoms. The second-order valence-corrected chi connectivity index (χ2v) is 5.20. The molecule has 5 nitrogen and oxygen atoms in total. The van der Waals surface area contributed by atoms with Crippen molar-refractivity contribution in [2.24, 2.45) is 5.10 Å². The molecule has 0 aliphatic carbocycles. The Bertz CT molecular complexity index is 844. The number of nitrogens with zero attached hydrogens (tertiary/aromatic N) is 3. The van der Waals surface area contributed by atoms with Crippen LogP contribution < -0.4 is 10.2 Å². The second kappa shape index (κ2) is 8.04. The highest BCUT2D eigenvalue weighted by atomic mass is 19.4. The lowest BCUT2D eigenvalue weighted by molar-refractivity contribution is -0.137. The molecule has 26 heavy (non-hydrogen) atoms. The molecular weight excluding hydrogens is 345 g/mol. The van der Waals surface area contributed by atoms with Crippen molar-refractivity contribution in [1.82, 2.24) is 0 Å². The Labute approximate surface area is 147 Å². The van der Waals surface area contributed by atoms with Gasteiger partial charge in [-0.15, -0.1) is 0 Å². The molecule has 0 saturated carbocycles. The highest BCUT2D eigenvalue weighted by Gasteiger charge is 2.30. The van der Waals surface area contributed by atoms with E-state index in [4.69, 9.17) is 15.3 Å². The molecule has 132 valence electrons. The largest absolute Gasteiger partial charge is 0.486 e. The summed E-state index contributed by atoms with van der Waals surface area (Å²) >= 11 is 0. The lowest BCUT2D eigenvalue weighted by Gasteiger charge is -2.16. The van der Waals surface area contributed by atoms with Gasteiger partial charge in [0.2, 0.25) is 5.71 Å². The molecule has 0 saturated heterocycles. The van der Waals surface area contributed by atoms with Crippen LogP contribution in [0.5, 0.6) is 5.75 Å². The minimum atomic E-state index is -4.37. The molecule has 1 atom stereocenters. The van der Waals surface area contributed by atoms with Gasteiger partial charge in [-0.2, -0.15) is 28.8 Å². The normalized spacial score (nSPS) is 11.6. The molecule has 8 heteroatoms. The maximum Gasteiger partial charge on any atom is 0.416 e. The highest BCUT2D eigenvalue weighted by Crippen LogP contribution is 2.30. The van der Waals surface area contributed by atoms with Crippen LogP contribution in [0.1, 0.15) is 24.2 Å². The van der Waals surface area contributed by atoms with Crippen LogP contribution in [0.3, 0.4) is 0 Å². The molecule has 2 aromatic rings. The molecule has 2 aromatic carbocycles. The third-order valence-electron chi connectivity index (χ3n) is 3.38. The molecular formula is C18H13F3N4O. The van der Waals surface area contributed by atoms with E-state index in [1.54, 1.807) is 43.3 Å². The van der Waals surface area contributed by atoms with Crippen LogP contribution in [-0.2, 0) is 6.18 Å². The lowest BCUT2D eigenvalue weighted by Crippen LogP contribution is -2.07. The Morgan fingerprint density at radius 1 is 1.04 bits per heavy atom. The van der Waals surface area contributed by atoms with Crippen LogP contribution in [0.25, 0.3) is 0 Å². The number of halogens is 3. The molecule has 1 unspecified atom stereocenters. The first-order valence-electron chi connectivity index (χ1n) is 7.41. The van der Waals surface area contributed by atoms with Crippen molar-refractivity contribution in [3.05, 3.63) is 59.7 Å². The summed E-state index contributed by atoms with van der Waals surface area (Å²) in [5.41, 5.74) is 2.70. The Morgan fingerprint density at radius 2 is 1.62 bits per heavy atom. The minimum absolute atomic E-state index is 0.304. The molecule has 1 N–H and O–H groups in total. The predicted octanol–water partition coefficient (Wildman–Crippen LogP) is 4.66. The molecule has 2 rings (SSSR count). The van der Waals surface area contributed by atoms with E-state index in [1.165, 1.54) is 12.1 Å². The summed E-state index contributed by atoms with van der Waals surface area (Å²) in [6, 6.07) is 14.6. The van der Waals surface area contributed by atoms with Crippen LogP contribution in [-0.4, -0.2) is 5.71 Å². The van der Waals surface area contributed by atoms with Crippen molar-refractivity contribution in [3.8, 4) is 17.9 Å². The number of nitriles is 2. The van der Waals surface area contributed by atoms with Crippen LogP contribution in [0.2, 0.25) is 0 Å². The summed E-state index contributed by atoms with van der Waals surface area (Å²) < 4.78 is 43.4. The van der Waals surface area contributed by atoms with E-state index in [0.717, 1.165) is 12.1 Å². The summed E-state index contributed by atoms with van der Waals surface area (Å²) in [5, 5.41) is 20.8. The van der Waals surface area contributed by atoms with Crippen molar-refractivity contribution in [3.63, 3.8) is 0 Å². The van der Waals surface area contributed by atoms with E-state index in [9.17, 15) is 13.2 Å². The molecule has 0 spiro atoms. The standard InChI is InChI=1S/C18H13F3N4O/c1-12(13-2-4-14(5-3-13)18(19,20)21)26-17-8-6-15(7-9-17)24-25-16(10-22)11-23/h2-9,12,24H,1H3. The van der Waals surface area contributed by atoms with Gasteiger partial charge in [-0.25, -0.2) is 0 Å². The summed E-state index contributed by atoms with van der Waals surface area (Å²) in [5.74, 6) is 0.507. The van der Waals surface area contributed by atoms with Crippen molar-refractivity contribution in [1.29, 1.82) is 10.5 Å². The summed E-state index contributed by atoms with van der Waals surface area (Å²) in [6.45, 7) is 1.73. The van der Waals surface area contributed by atoms with E-state index < -0.39 is 17.8 Å². The third kappa shape index (κ3) is 4.99. The van der Waals surface area contributed by atoms with Gasteiger partial charge >= 0.3 is 6.18 Å². The fourth-order valence-electron chi connectivity index (χ4n) is 2.02. The average Bonchev–Trinajstić information content (AvgIpc) is 2.63. The number of anilines is 1. The fourth-order valence-corrected chi connectivity index (χ4v) is 2.02. The molecule has 0 aromatic heterocycles. The van der Waals surface area contributed by atoms with Gasteiger partial charge in [0, 0.05) is 0 Å². The van der Waals surface area contributed by atoms with Gasteiger partial charge in [0.25, 0.3) is 0 Å². The van der Waals surface area contributed by atoms with E-state index in [0.29, 0.717) is 17.0 Å². The second-order valence-electron chi connectivity index (χ2n) is 5.20. The molecule has 0 heterocycles. The van der Waals surface area contributed by atoms with Crippen LogP contribution in [0, 0.1) is 22.7 Å². The van der Waals surface area contributed by atoms with Gasteiger partial charge in [-0.3, -0.25) is 5.43 Å². The SMILES string of the molecule is CC(Oc1ccc(NN=C(C#N)C#N)cc1)c1ccc(C(F)(F)F)cc1. The van der Waals surface area contributed by atoms with Gasteiger partial charge < -0.3 is 4.74 Å². The Balaban J connectivity index is 2.01. The van der Waals surface area contributed by atoms with Crippen molar-refractivity contribution in [2.45, 2.75) is 19.2 Å². The predicted molar refractivity (Wildman–Crippen MR) is 89.2 cm³/mol. The summed E-state index contributed by atoms with van der Waals surface area (Å²) in [7, 11) is 0. The summed E-state index contributed by atoms with van der Waals surface area (Å²) in [6.07, 6.45) is -4.82. The number of hydrazone groups is 1. The monoisotopic (exact) mass is 358 g/mol. The zero-order valence-electron chi connectivity index (χ0n) is 13.6. The van der Waals surface area contributed by atoms with E-state index in [1.807, 2.05) is 0 Å². The number of rotatable bonds is 5. The number of nitrogens with one attached hydrogen (secondary N) is 1. The minimum Gasteiger partial charge on any atom is -0.486 e. The van der Waals surface area contributed by atoms with E-state index in [-0.39, 0.29) is 5.71 Å². The zero-order chi connectivity index (χ0) is 19.2. The van der Waals surface area contributed by atoms with Crippen LogP contribution in [0.4, 0.5) is 18.9 Å². The van der Waals surface area contributed by atoms with E-state index >= 15 is 0 Å². The van der Waals surface area contributed by atoms with Crippen molar-refractivity contribution < 1.29 is 17.9 Å². The first-order chi connectivity index (χ1) is 12.3. The molecule has 0 aliphatic heterocycles. The van der Waals surface area contributed by atoms with Gasteiger partial charge in [0.1, 0.15) is 24.0 Å². The fraction of sp³-hybridized carbons (Fsp3) is 0.167. The Morgan fingerprint density at radius 3 is 2.12 bits per heavy atom. The first-order valence-corrected chi connectivity index (χ1v) is 7.41. The van der Waals surface area contributed by atoms with Gasteiger partial charge in [-0.05, 0) is 48.9 Å². The van der Waals surface area contributed by atoms with Crippen LogP contribution in [0.15, 0.2) is 53.6 Å². The zero-order valence-corrected chi connectivity index (χ0v) is 13.6. The number of benzene rings is 2. The number of alkyl halides is 3. The Hall–Kier alpha value is -3.52. The molecule has 0 radical (unpaired) electrons. The topological polar surface area (TPSA) is 81.2 Å². The highest BCUT2D eigenvalue weighted by molar-refractivity contribution is 6.10. The van der Waals surface area contributed by atoms with E-state index in [2.05, 4.69) is 10.5 Å². The maximum absolute atomic E-state index is 12.6. The lowest BCUT2D eigenvalue weighted by atomic mass is 10.1. The van der Waals surface area contributed by atoms with Gasteiger partial charge in [0.05, 0.1) is 11.3 Å². The number of ether oxygens (including phenoxy) is 1. The summed E-state index contributed by atoms with van der Waals surface area (Å²) in [4.78, 5) is 0. The first kappa shape index (κ1) is 18.8. The van der Waals surface area contributed by atoms with Crippen molar-refractivity contribution >= 4 is 11.4 Å². The molecule has 0 amide bonds. The molecule has 0 aliphatic rings. The third-order valence-corrected chi connectivity index (χ3v) is 3.38. The Kier molecular flexibility index (Phi) is 5.82. The molecule has 0 fully saturated rings. The number of hydrogen-bond acceptors (Lipinski definition) is 5. The maximum atomic E-state index is 12.6. The average molecular weight is 358 g/mol.